The van der Waals surface area contributed by atoms with Crippen LogP contribution >= 0.6 is 11.6 Å². The Hall–Kier alpha value is -2.41. The minimum absolute atomic E-state index is 0.000214. The van der Waals surface area contributed by atoms with E-state index in [-0.39, 0.29) is 25.4 Å². The SMILES string of the molecule is CCOC(=O)[C@H](C)/C(C)=N/NC(=O)CCC(=O)Nc1cccc(Cl)c1C. The number of anilines is 1. The minimum atomic E-state index is -0.552. The van der Waals surface area contributed by atoms with Crippen molar-refractivity contribution in [2.24, 2.45) is 11.0 Å². The van der Waals surface area contributed by atoms with Crippen molar-refractivity contribution in [3.8, 4) is 0 Å². The van der Waals surface area contributed by atoms with E-state index in [0.717, 1.165) is 5.56 Å². The molecule has 0 saturated heterocycles. The normalized spacial score (nSPS) is 12.3. The predicted octanol–water partition coefficient (Wildman–Crippen LogP) is 3.06. The van der Waals surface area contributed by atoms with E-state index in [4.69, 9.17) is 16.3 Å². The zero-order valence-corrected chi connectivity index (χ0v) is 16.1. The zero-order chi connectivity index (χ0) is 19.7. The van der Waals surface area contributed by atoms with Crippen LogP contribution in [-0.4, -0.2) is 30.1 Å². The van der Waals surface area contributed by atoms with E-state index in [1.165, 1.54) is 0 Å². The maximum Gasteiger partial charge on any atom is 0.314 e. The molecule has 0 spiro atoms. The van der Waals surface area contributed by atoms with E-state index in [1.54, 1.807) is 45.9 Å². The number of esters is 1. The van der Waals surface area contributed by atoms with Crippen LogP contribution in [0.1, 0.15) is 39.2 Å². The Bertz CT molecular complexity index is 704. The molecule has 0 saturated carbocycles. The van der Waals surface area contributed by atoms with Gasteiger partial charge in [-0.2, -0.15) is 5.10 Å². The van der Waals surface area contributed by atoms with Crippen molar-refractivity contribution in [1.29, 1.82) is 0 Å². The highest BCUT2D eigenvalue weighted by molar-refractivity contribution is 6.31. The summed E-state index contributed by atoms with van der Waals surface area (Å²) in [4.78, 5) is 35.4. The third-order valence-corrected chi connectivity index (χ3v) is 4.15. The number of hydrazone groups is 1. The number of halogens is 1. The molecule has 0 radical (unpaired) electrons. The molecule has 2 amide bonds. The number of carbonyl (C=O) groups is 3. The van der Waals surface area contributed by atoms with Gasteiger partial charge in [0.05, 0.1) is 12.5 Å². The lowest BCUT2D eigenvalue weighted by molar-refractivity contribution is -0.145. The molecule has 0 heterocycles. The first-order valence-electron chi connectivity index (χ1n) is 8.30. The summed E-state index contributed by atoms with van der Waals surface area (Å²) in [5.41, 5.74) is 4.14. The van der Waals surface area contributed by atoms with Crippen LogP contribution in [0, 0.1) is 12.8 Å². The summed E-state index contributed by atoms with van der Waals surface area (Å²) < 4.78 is 4.89. The van der Waals surface area contributed by atoms with Crippen molar-refractivity contribution in [3.05, 3.63) is 28.8 Å². The Morgan fingerprint density at radius 1 is 1.23 bits per heavy atom. The van der Waals surface area contributed by atoms with Crippen LogP contribution in [0.25, 0.3) is 0 Å². The zero-order valence-electron chi connectivity index (χ0n) is 15.4. The average molecular weight is 382 g/mol. The van der Waals surface area contributed by atoms with Crippen LogP contribution in [0.15, 0.2) is 23.3 Å². The predicted molar refractivity (Wildman–Crippen MR) is 101 cm³/mol. The minimum Gasteiger partial charge on any atom is -0.465 e. The van der Waals surface area contributed by atoms with Gasteiger partial charge in [0.2, 0.25) is 11.8 Å². The van der Waals surface area contributed by atoms with Crippen LogP contribution in [0.5, 0.6) is 0 Å². The van der Waals surface area contributed by atoms with Gasteiger partial charge in [0, 0.05) is 29.3 Å². The molecule has 26 heavy (non-hydrogen) atoms. The fourth-order valence-electron chi connectivity index (χ4n) is 1.92. The lowest BCUT2D eigenvalue weighted by atomic mass is 10.1. The Balaban J connectivity index is 2.46. The van der Waals surface area contributed by atoms with Gasteiger partial charge < -0.3 is 10.1 Å². The molecule has 2 N–H and O–H groups in total. The van der Waals surface area contributed by atoms with Crippen LogP contribution in [-0.2, 0) is 19.1 Å². The molecule has 0 aliphatic rings. The second kappa shape index (κ2) is 10.6. The van der Waals surface area contributed by atoms with Gasteiger partial charge >= 0.3 is 5.97 Å². The van der Waals surface area contributed by atoms with Crippen molar-refractivity contribution in [2.45, 2.75) is 40.5 Å². The van der Waals surface area contributed by atoms with E-state index in [0.29, 0.717) is 16.4 Å². The third-order valence-electron chi connectivity index (χ3n) is 3.74. The number of hydrogen-bond acceptors (Lipinski definition) is 5. The lowest BCUT2D eigenvalue weighted by Gasteiger charge is -2.10. The molecule has 0 unspecified atom stereocenters. The highest BCUT2D eigenvalue weighted by Crippen LogP contribution is 2.23. The number of benzene rings is 1. The first-order chi connectivity index (χ1) is 12.3. The number of nitrogens with zero attached hydrogens (tertiary/aromatic N) is 1. The number of amides is 2. The van der Waals surface area contributed by atoms with Crippen molar-refractivity contribution in [1.82, 2.24) is 5.43 Å². The molecule has 0 fully saturated rings. The highest BCUT2D eigenvalue weighted by Gasteiger charge is 2.17. The molecule has 0 aromatic heterocycles. The van der Waals surface area contributed by atoms with Crippen molar-refractivity contribution in [3.63, 3.8) is 0 Å². The largest absolute Gasteiger partial charge is 0.465 e. The van der Waals surface area contributed by atoms with E-state index in [1.807, 2.05) is 0 Å². The smallest absolute Gasteiger partial charge is 0.314 e. The lowest BCUT2D eigenvalue weighted by Crippen LogP contribution is -2.26. The molecular formula is C18H24ClN3O4. The molecule has 1 atom stereocenters. The molecule has 0 bridgehead atoms. The summed E-state index contributed by atoms with van der Waals surface area (Å²) >= 11 is 6.00. The second-order valence-corrected chi connectivity index (χ2v) is 6.13. The van der Waals surface area contributed by atoms with Gasteiger partial charge in [-0.15, -0.1) is 0 Å². The second-order valence-electron chi connectivity index (χ2n) is 5.72. The molecule has 1 rings (SSSR count). The Labute approximate surface area is 158 Å². The molecule has 142 valence electrons. The Morgan fingerprint density at radius 3 is 2.54 bits per heavy atom. The van der Waals surface area contributed by atoms with Gasteiger partial charge in [0.15, 0.2) is 0 Å². The number of rotatable bonds is 8. The topological polar surface area (TPSA) is 96.9 Å². The number of ether oxygens (including phenoxy) is 1. The molecule has 0 aliphatic heterocycles. The molecule has 0 aliphatic carbocycles. The summed E-state index contributed by atoms with van der Waals surface area (Å²) in [5.74, 6) is -1.67. The molecular weight excluding hydrogens is 358 g/mol. The van der Waals surface area contributed by atoms with Crippen molar-refractivity contribution >= 4 is 40.8 Å². The average Bonchev–Trinajstić information content (AvgIpc) is 2.61. The van der Waals surface area contributed by atoms with Gasteiger partial charge in [-0.25, -0.2) is 5.43 Å². The maximum atomic E-state index is 12.0. The number of hydrogen-bond donors (Lipinski definition) is 2. The van der Waals surface area contributed by atoms with Gasteiger partial charge in [0.1, 0.15) is 0 Å². The quantitative estimate of drug-likeness (QED) is 0.411. The van der Waals surface area contributed by atoms with Gasteiger partial charge in [-0.05, 0) is 45.4 Å². The number of nitrogens with one attached hydrogen (secondary N) is 2. The van der Waals surface area contributed by atoms with Crippen LogP contribution in [0.2, 0.25) is 5.02 Å². The van der Waals surface area contributed by atoms with E-state index < -0.39 is 17.8 Å². The molecule has 8 heteroatoms. The summed E-state index contributed by atoms with van der Waals surface area (Å²) in [7, 11) is 0. The molecule has 1 aromatic carbocycles. The van der Waals surface area contributed by atoms with Crippen molar-refractivity contribution < 1.29 is 19.1 Å². The number of carbonyl (C=O) groups excluding carboxylic acids is 3. The Morgan fingerprint density at radius 2 is 1.88 bits per heavy atom. The first kappa shape index (κ1) is 21.6. The van der Waals surface area contributed by atoms with Gasteiger partial charge in [-0.3, -0.25) is 14.4 Å². The van der Waals surface area contributed by atoms with E-state index >= 15 is 0 Å². The van der Waals surface area contributed by atoms with Gasteiger partial charge in [0.25, 0.3) is 0 Å². The summed E-state index contributed by atoms with van der Waals surface area (Å²) in [5, 5.41) is 7.16. The standard InChI is InChI=1S/C18H24ClN3O4/c1-5-26-18(25)11(2)13(4)21-22-17(24)10-9-16(23)20-15-8-6-7-14(19)12(15)3/h6-8,11H,5,9-10H2,1-4H3,(H,20,23)(H,22,24)/b21-13+/t11-/m1/s1. The fraction of sp³-hybridized carbons (Fsp3) is 0.444. The summed E-state index contributed by atoms with van der Waals surface area (Å²) in [6, 6.07) is 5.21. The van der Waals surface area contributed by atoms with E-state index in [9.17, 15) is 14.4 Å². The monoisotopic (exact) mass is 381 g/mol. The Kier molecular flexibility index (Phi) is 8.78. The van der Waals surface area contributed by atoms with E-state index in [2.05, 4.69) is 15.8 Å². The van der Waals surface area contributed by atoms with Crippen molar-refractivity contribution in [2.75, 3.05) is 11.9 Å². The highest BCUT2D eigenvalue weighted by atomic mass is 35.5. The maximum absolute atomic E-state index is 12.0. The van der Waals surface area contributed by atoms with Crippen LogP contribution in [0.4, 0.5) is 5.69 Å². The summed E-state index contributed by atoms with van der Waals surface area (Å²) in [6.45, 7) is 7.06. The molecule has 7 nitrogen and oxygen atoms in total. The first-order valence-corrected chi connectivity index (χ1v) is 8.68. The molecule has 1 aromatic rings. The van der Waals surface area contributed by atoms with Crippen LogP contribution < -0.4 is 10.7 Å². The fourth-order valence-corrected chi connectivity index (χ4v) is 2.10. The van der Waals surface area contributed by atoms with Crippen LogP contribution in [0.3, 0.4) is 0 Å². The third kappa shape index (κ3) is 6.84. The summed E-state index contributed by atoms with van der Waals surface area (Å²) in [6.07, 6.45) is -0.0319. The van der Waals surface area contributed by atoms with Gasteiger partial charge in [-0.1, -0.05) is 17.7 Å².